The van der Waals surface area contributed by atoms with Crippen molar-refractivity contribution in [3.63, 3.8) is 0 Å². The number of hydrogen-bond donors (Lipinski definition) is 0. The third-order valence-electron chi connectivity index (χ3n) is 3.45. The Morgan fingerprint density at radius 1 is 1.06 bits per heavy atom. The third-order valence-corrected chi connectivity index (χ3v) is 3.45. The quantitative estimate of drug-likeness (QED) is 0.683. The normalized spacial score (nSPS) is 27.9. The second kappa shape index (κ2) is 4.17. The Bertz CT molecular complexity index is 416. The molecule has 2 aliphatic rings. The predicted molar refractivity (Wildman–Crippen MR) is 64.8 cm³/mol. The summed E-state index contributed by atoms with van der Waals surface area (Å²) in [5.74, 6) is 1.81. The molecule has 1 heterocycles. The monoisotopic (exact) mass is 212 g/mol. The first kappa shape index (κ1) is 9.71. The maximum absolute atomic E-state index is 6.09. The van der Waals surface area contributed by atoms with E-state index in [1.165, 1.54) is 17.7 Å². The van der Waals surface area contributed by atoms with Crippen LogP contribution in [0.5, 0.6) is 0 Å². The molecule has 82 valence electrons. The van der Waals surface area contributed by atoms with Crippen molar-refractivity contribution in [3.8, 4) is 0 Å². The minimum Gasteiger partial charge on any atom is -0.490 e. The van der Waals surface area contributed by atoms with E-state index < -0.39 is 0 Å². The largest absolute Gasteiger partial charge is 0.490 e. The summed E-state index contributed by atoms with van der Waals surface area (Å²) in [6, 6.07) is 10.5. The van der Waals surface area contributed by atoms with Crippen molar-refractivity contribution in [1.29, 1.82) is 0 Å². The van der Waals surface area contributed by atoms with Crippen molar-refractivity contribution >= 4 is 0 Å². The maximum atomic E-state index is 6.09. The summed E-state index contributed by atoms with van der Waals surface area (Å²) in [7, 11) is 0. The molecule has 1 saturated heterocycles. The third kappa shape index (κ3) is 1.78. The molecule has 1 aliphatic heterocycles. The zero-order chi connectivity index (χ0) is 10.8. The highest BCUT2D eigenvalue weighted by atomic mass is 16.5. The number of rotatable bonds is 1. The van der Waals surface area contributed by atoms with Gasteiger partial charge < -0.3 is 4.74 Å². The van der Waals surface area contributed by atoms with Crippen LogP contribution in [0.15, 0.2) is 54.3 Å². The Labute approximate surface area is 96.4 Å². The first-order valence-electron chi connectivity index (χ1n) is 6.02. The number of hydrogen-bond acceptors (Lipinski definition) is 1. The van der Waals surface area contributed by atoms with Gasteiger partial charge in [0.25, 0.3) is 0 Å². The van der Waals surface area contributed by atoms with E-state index in [4.69, 9.17) is 4.74 Å². The van der Waals surface area contributed by atoms with Crippen molar-refractivity contribution in [1.82, 2.24) is 0 Å². The Balaban J connectivity index is 1.80. The summed E-state index contributed by atoms with van der Waals surface area (Å²) < 4.78 is 6.09. The summed E-state index contributed by atoms with van der Waals surface area (Å²) >= 11 is 0. The number of allylic oxidation sites excluding steroid dienone is 4. The highest BCUT2D eigenvalue weighted by Gasteiger charge is 2.27. The van der Waals surface area contributed by atoms with Crippen LogP contribution in [-0.4, -0.2) is 0 Å². The molecule has 1 aromatic carbocycles. The lowest BCUT2D eigenvalue weighted by Crippen LogP contribution is -2.19. The van der Waals surface area contributed by atoms with Crippen LogP contribution < -0.4 is 0 Å². The van der Waals surface area contributed by atoms with E-state index in [9.17, 15) is 0 Å². The summed E-state index contributed by atoms with van der Waals surface area (Å²) in [5, 5.41) is 0. The number of fused-ring (bicyclic) bond motifs is 1. The first-order chi connectivity index (χ1) is 7.93. The fraction of sp³-hybridized carbons (Fsp3) is 0.333. The molecular weight excluding hydrogens is 196 g/mol. The summed E-state index contributed by atoms with van der Waals surface area (Å²) in [6.45, 7) is 0. The molecule has 1 fully saturated rings. The zero-order valence-electron chi connectivity index (χ0n) is 9.30. The van der Waals surface area contributed by atoms with Gasteiger partial charge in [-0.3, -0.25) is 0 Å². The standard InChI is InChI=1S/C15H16O/c1-2-6-12(7-3-1)15-11-10-13-8-4-5-9-14(13)16-15/h1-7,9,13,15H,8,10-11H2. The molecule has 0 amide bonds. The molecule has 1 heteroatoms. The molecule has 1 aromatic rings. The molecule has 0 radical (unpaired) electrons. The van der Waals surface area contributed by atoms with Crippen LogP contribution in [0.3, 0.4) is 0 Å². The summed E-state index contributed by atoms with van der Waals surface area (Å²) in [6.07, 6.45) is 10.3. The van der Waals surface area contributed by atoms with E-state index in [1.807, 2.05) is 0 Å². The van der Waals surface area contributed by atoms with Gasteiger partial charge in [0.15, 0.2) is 0 Å². The van der Waals surface area contributed by atoms with Crippen LogP contribution in [0.25, 0.3) is 0 Å². The van der Waals surface area contributed by atoms with E-state index in [0.29, 0.717) is 5.92 Å². The Morgan fingerprint density at radius 2 is 1.94 bits per heavy atom. The lowest BCUT2D eigenvalue weighted by atomic mass is 9.88. The van der Waals surface area contributed by atoms with Crippen molar-refractivity contribution in [2.24, 2.45) is 5.92 Å². The fourth-order valence-electron chi connectivity index (χ4n) is 2.53. The van der Waals surface area contributed by atoms with Gasteiger partial charge in [0, 0.05) is 5.92 Å². The SMILES string of the molecule is C1=CCC2CCC(c3ccccc3)OC2=C1. The number of ether oxygens (including phenoxy) is 1. The first-order valence-corrected chi connectivity index (χ1v) is 6.02. The van der Waals surface area contributed by atoms with Gasteiger partial charge in [-0.25, -0.2) is 0 Å². The molecule has 0 spiro atoms. The van der Waals surface area contributed by atoms with Gasteiger partial charge in [0.05, 0.1) is 0 Å². The van der Waals surface area contributed by atoms with E-state index >= 15 is 0 Å². The Kier molecular flexibility index (Phi) is 2.53. The minimum atomic E-state index is 0.259. The highest BCUT2D eigenvalue weighted by Crippen LogP contribution is 2.39. The van der Waals surface area contributed by atoms with Crippen LogP contribution >= 0.6 is 0 Å². The molecular formula is C15H16O. The molecule has 1 nitrogen and oxygen atoms in total. The van der Waals surface area contributed by atoms with Gasteiger partial charge in [-0.05, 0) is 30.9 Å². The Hall–Kier alpha value is -1.50. The molecule has 0 saturated carbocycles. The predicted octanol–water partition coefficient (Wildman–Crippen LogP) is 4.00. The second-order valence-electron chi connectivity index (χ2n) is 4.52. The molecule has 0 aromatic heterocycles. The van der Waals surface area contributed by atoms with Crippen LogP contribution in [0.2, 0.25) is 0 Å². The van der Waals surface area contributed by atoms with Crippen LogP contribution in [0.1, 0.15) is 30.9 Å². The van der Waals surface area contributed by atoms with Crippen molar-refractivity contribution in [2.75, 3.05) is 0 Å². The lowest BCUT2D eigenvalue weighted by Gasteiger charge is -2.33. The lowest BCUT2D eigenvalue weighted by molar-refractivity contribution is 0.0448. The van der Waals surface area contributed by atoms with Crippen LogP contribution in [0.4, 0.5) is 0 Å². The Morgan fingerprint density at radius 3 is 2.81 bits per heavy atom. The molecule has 0 bridgehead atoms. The molecule has 0 N–H and O–H groups in total. The van der Waals surface area contributed by atoms with Gasteiger partial charge in [0.1, 0.15) is 11.9 Å². The van der Waals surface area contributed by atoms with Crippen molar-refractivity contribution in [2.45, 2.75) is 25.4 Å². The summed E-state index contributed by atoms with van der Waals surface area (Å²) in [5.41, 5.74) is 1.30. The average Bonchev–Trinajstić information content (AvgIpc) is 2.39. The van der Waals surface area contributed by atoms with Gasteiger partial charge in [-0.1, -0.05) is 42.5 Å². The van der Waals surface area contributed by atoms with Gasteiger partial charge in [-0.2, -0.15) is 0 Å². The van der Waals surface area contributed by atoms with Crippen LogP contribution in [0, 0.1) is 5.92 Å². The van der Waals surface area contributed by atoms with Gasteiger partial charge in [0.2, 0.25) is 0 Å². The summed E-state index contributed by atoms with van der Waals surface area (Å²) in [4.78, 5) is 0. The molecule has 1 aliphatic carbocycles. The van der Waals surface area contributed by atoms with Crippen LogP contribution in [-0.2, 0) is 4.74 Å². The maximum Gasteiger partial charge on any atom is 0.123 e. The zero-order valence-corrected chi connectivity index (χ0v) is 9.30. The highest BCUT2D eigenvalue weighted by molar-refractivity contribution is 5.22. The topological polar surface area (TPSA) is 9.23 Å². The van der Waals surface area contributed by atoms with Crippen molar-refractivity contribution < 1.29 is 4.74 Å². The van der Waals surface area contributed by atoms with Gasteiger partial charge in [-0.15, -0.1) is 0 Å². The van der Waals surface area contributed by atoms with Gasteiger partial charge >= 0.3 is 0 Å². The number of benzene rings is 1. The van der Waals surface area contributed by atoms with Crippen molar-refractivity contribution in [3.05, 3.63) is 59.9 Å². The van der Waals surface area contributed by atoms with E-state index in [0.717, 1.165) is 12.8 Å². The van der Waals surface area contributed by atoms with E-state index in [1.54, 1.807) is 0 Å². The average molecular weight is 212 g/mol. The van der Waals surface area contributed by atoms with E-state index in [2.05, 4.69) is 48.6 Å². The second-order valence-corrected chi connectivity index (χ2v) is 4.52. The van der Waals surface area contributed by atoms with E-state index in [-0.39, 0.29) is 6.10 Å². The minimum absolute atomic E-state index is 0.259. The molecule has 16 heavy (non-hydrogen) atoms. The fourth-order valence-corrected chi connectivity index (χ4v) is 2.53. The smallest absolute Gasteiger partial charge is 0.123 e. The molecule has 2 unspecified atom stereocenters. The molecule has 2 atom stereocenters. The molecule has 3 rings (SSSR count).